The van der Waals surface area contributed by atoms with E-state index in [0.29, 0.717) is 17.2 Å². The van der Waals surface area contributed by atoms with E-state index in [1.807, 2.05) is 25.1 Å². The smallest absolute Gasteiger partial charge is 0.250 e. The number of sulfonamides is 1. The second-order valence-corrected chi connectivity index (χ2v) is 7.70. The zero-order valence-electron chi connectivity index (χ0n) is 11.5. The van der Waals surface area contributed by atoms with E-state index in [0.717, 1.165) is 22.4 Å². The molecule has 1 aromatic carbocycles. The summed E-state index contributed by atoms with van der Waals surface area (Å²) in [4.78, 5) is 7.52. The number of hydrogen-bond donors (Lipinski definition) is 2. The van der Waals surface area contributed by atoms with E-state index in [2.05, 4.69) is 14.7 Å². The number of thiophene rings is 1. The van der Waals surface area contributed by atoms with Gasteiger partial charge >= 0.3 is 0 Å². The van der Waals surface area contributed by atoms with Gasteiger partial charge in [0.1, 0.15) is 10.0 Å². The molecule has 0 saturated heterocycles. The molecule has 0 amide bonds. The minimum atomic E-state index is -3.38. The molecule has 3 aromatic rings. The molecule has 0 spiro atoms. The SMILES string of the molecule is Cc1nc2ccc(CCNS(=O)(=O)c3cccs3)cc2[nH]1. The van der Waals surface area contributed by atoms with Crippen LogP contribution in [0.1, 0.15) is 11.4 Å². The summed E-state index contributed by atoms with van der Waals surface area (Å²) in [7, 11) is -3.38. The van der Waals surface area contributed by atoms with Gasteiger partial charge in [-0.2, -0.15) is 0 Å². The number of hydrogen-bond acceptors (Lipinski definition) is 4. The van der Waals surface area contributed by atoms with E-state index >= 15 is 0 Å². The lowest BCUT2D eigenvalue weighted by Gasteiger charge is -2.05. The zero-order valence-corrected chi connectivity index (χ0v) is 13.1. The van der Waals surface area contributed by atoms with Gasteiger partial charge in [-0.1, -0.05) is 12.1 Å². The number of rotatable bonds is 5. The zero-order chi connectivity index (χ0) is 14.9. The predicted molar refractivity (Wildman–Crippen MR) is 84.0 cm³/mol. The summed E-state index contributed by atoms with van der Waals surface area (Å²) >= 11 is 1.22. The van der Waals surface area contributed by atoms with E-state index in [1.165, 1.54) is 11.3 Å². The highest BCUT2D eigenvalue weighted by molar-refractivity contribution is 7.91. The lowest BCUT2D eigenvalue weighted by molar-refractivity contribution is 0.584. The number of nitrogens with one attached hydrogen (secondary N) is 2. The fourth-order valence-electron chi connectivity index (χ4n) is 2.16. The Bertz CT molecular complexity index is 852. The first kappa shape index (κ1) is 14.2. The van der Waals surface area contributed by atoms with Crippen LogP contribution in [0, 0.1) is 6.92 Å². The van der Waals surface area contributed by atoms with Crippen LogP contribution in [0.5, 0.6) is 0 Å². The molecule has 110 valence electrons. The topological polar surface area (TPSA) is 74.8 Å². The normalized spacial score (nSPS) is 12.0. The van der Waals surface area contributed by atoms with Gasteiger partial charge < -0.3 is 4.98 Å². The highest BCUT2D eigenvalue weighted by atomic mass is 32.2. The molecule has 2 N–H and O–H groups in total. The Labute approximate surface area is 127 Å². The molecule has 2 heterocycles. The Balaban J connectivity index is 1.66. The van der Waals surface area contributed by atoms with Crippen molar-refractivity contribution in [2.24, 2.45) is 0 Å². The quantitative estimate of drug-likeness (QED) is 0.758. The Morgan fingerprint density at radius 1 is 1.33 bits per heavy atom. The van der Waals surface area contributed by atoms with Gasteiger partial charge in [-0.3, -0.25) is 0 Å². The molecule has 5 nitrogen and oxygen atoms in total. The van der Waals surface area contributed by atoms with Crippen molar-refractivity contribution in [2.45, 2.75) is 17.6 Å². The van der Waals surface area contributed by atoms with Crippen molar-refractivity contribution < 1.29 is 8.42 Å². The third-order valence-electron chi connectivity index (χ3n) is 3.13. The van der Waals surface area contributed by atoms with Crippen molar-refractivity contribution in [3.8, 4) is 0 Å². The molecule has 2 aromatic heterocycles. The lowest BCUT2D eigenvalue weighted by Crippen LogP contribution is -2.25. The van der Waals surface area contributed by atoms with Gasteiger partial charge in [0, 0.05) is 6.54 Å². The van der Waals surface area contributed by atoms with Crippen LogP contribution in [-0.4, -0.2) is 24.9 Å². The summed E-state index contributed by atoms with van der Waals surface area (Å²) in [6, 6.07) is 9.26. The van der Waals surface area contributed by atoms with E-state index < -0.39 is 10.0 Å². The number of aromatic nitrogens is 2. The summed E-state index contributed by atoms with van der Waals surface area (Å²) in [6.07, 6.45) is 0.638. The molecule has 0 bridgehead atoms. The highest BCUT2D eigenvalue weighted by Gasteiger charge is 2.13. The minimum Gasteiger partial charge on any atom is -0.342 e. The molecule has 21 heavy (non-hydrogen) atoms. The van der Waals surface area contributed by atoms with E-state index in [4.69, 9.17) is 0 Å². The molecular weight excluding hydrogens is 306 g/mol. The first-order valence-corrected chi connectivity index (χ1v) is 8.89. The maximum atomic E-state index is 12.0. The molecule has 7 heteroatoms. The van der Waals surface area contributed by atoms with Crippen LogP contribution in [0.4, 0.5) is 0 Å². The molecule has 0 saturated carbocycles. The van der Waals surface area contributed by atoms with Crippen molar-refractivity contribution in [3.05, 3.63) is 47.1 Å². The predicted octanol–water partition coefficient (Wildman–Crippen LogP) is 2.45. The van der Waals surface area contributed by atoms with Crippen LogP contribution in [-0.2, 0) is 16.4 Å². The van der Waals surface area contributed by atoms with Crippen LogP contribution in [0.2, 0.25) is 0 Å². The van der Waals surface area contributed by atoms with Crippen LogP contribution in [0.15, 0.2) is 39.9 Å². The number of nitrogens with zero attached hydrogens (tertiary/aromatic N) is 1. The average Bonchev–Trinajstić information content (AvgIpc) is 3.06. The maximum absolute atomic E-state index is 12.0. The Morgan fingerprint density at radius 2 is 2.19 bits per heavy atom. The summed E-state index contributed by atoms with van der Waals surface area (Å²) in [5.74, 6) is 0.876. The van der Waals surface area contributed by atoms with E-state index in [1.54, 1.807) is 17.5 Å². The van der Waals surface area contributed by atoms with Crippen molar-refractivity contribution in [3.63, 3.8) is 0 Å². The van der Waals surface area contributed by atoms with Crippen molar-refractivity contribution >= 4 is 32.4 Å². The van der Waals surface area contributed by atoms with Crippen LogP contribution >= 0.6 is 11.3 Å². The Kier molecular flexibility index (Phi) is 3.79. The Hall–Kier alpha value is -1.70. The number of aromatic amines is 1. The number of fused-ring (bicyclic) bond motifs is 1. The van der Waals surface area contributed by atoms with E-state index in [9.17, 15) is 8.42 Å². The third-order valence-corrected chi connectivity index (χ3v) is 5.99. The van der Waals surface area contributed by atoms with Crippen molar-refractivity contribution in [2.75, 3.05) is 6.54 Å². The fourth-order valence-corrected chi connectivity index (χ4v) is 4.23. The molecule has 0 radical (unpaired) electrons. The minimum absolute atomic E-state index is 0.349. The number of H-pyrrole nitrogens is 1. The second kappa shape index (κ2) is 5.59. The summed E-state index contributed by atoms with van der Waals surface area (Å²) in [5.41, 5.74) is 2.97. The highest BCUT2D eigenvalue weighted by Crippen LogP contribution is 2.16. The standard InChI is InChI=1S/C14H15N3O2S2/c1-10-16-12-5-4-11(9-13(12)17-10)6-7-15-21(18,19)14-3-2-8-20-14/h2-5,8-9,15H,6-7H2,1H3,(H,16,17). The molecule has 3 rings (SSSR count). The monoisotopic (exact) mass is 321 g/mol. The van der Waals surface area contributed by atoms with Crippen LogP contribution in [0.25, 0.3) is 11.0 Å². The number of benzene rings is 1. The summed E-state index contributed by atoms with van der Waals surface area (Å²) in [6.45, 7) is 2.29. The van der Waals surface area contributed by atoms with Gasteiger partial charge in [-0.25, -0.2) is 18.1 Å². The van der Waals surface area contributed by atoms with Gasteiger partial charge in [0.2, 0.25) is 10.0 Å². The van der Waals surface area contributed by atoms with E-state index in [-0.39, 0.29) is 0 Å². The summed E-state index contributed by atoms with van der Waals surface area (Å²) in [5, 5.41) is 1.75. The third kappa shape index (κ3) is 3.15. The van der Waals surface area contributed by atoms with Gasteiger partial charge in [0.25, 0.3) is 0 Å². The number of aryl methyl sites for hydroxylation is 1. The Morgan fingerprint density at radius 3 is 2.95 bits per heavy atom. The fraction of sp³-hybridized carbons (Fsp3) is 0.214. The summed E-state index contributed by atoms with van der Waals surface area (Å²) < 4.78 is 26.9. The number of imidazole rings is 1. The molecule has 0 fully saturated rings. The molecule has 0 unspecified atom stereocenters. The van der Waals surface area contributed by atoms with Crippen molar-refractivity contribution in [1.29, 1.82) is 0 Å². The molecule has 0 atom stereocenters. The van der Waals surface area contributed by atoms with Gasteiger partial charge in [-0.05, 0) is 42.5 Å². The average molecular weight is 321 g/mol. The first-order valence-electron chi connectivity index (χ1n) is 6.53. The first-order chi connectivity index (χ1) is 10.0. The van der Waals surface area contributed by atoms with Gasteiger partial charge in [-0.15, -0.1) is 11.3 Å². The molecular formula is C14H15N3O2S2. The van der Waals surface area contributed by atoms with Crippen LogP contribution < -0.4 is 4.72 Å². The molecule has 0 aliphatic rings. The van der Waals surface area contributed by atoms with Crippen molar-refractivity contribution in [1.82, 2.24) is 14.7 Å². The van der Waals surface area contributed by atoms with Gasteiger partial charge in [0.05, 0.1) is 11.0 Å². The largest absolute Gasteiger partial charge is 0.342 e. The van der Waals surface area contributed by atoms with Gasteiger partial charge in [0.15, 0.2) is 0 Å². The second-order valence-electron chi connectivity index (χ2n) is 4.75. The lowest BCUT2D eigenvalue weighted by atomic mass is 10.1. The molecule has 0 aliphatic carbocycles. The van der Waals surface area contributed by atoms with Crippen LogP contribution in [0.3, 0.4) is 0 Å². The maximum Gasteiger partial charge on any atom is 0.250 e. The molecule has 0 aliphatic heterocycles.